The van der Waals surface area contributed by atoms with Crippen LogP contribution >= 0.6 is 0 Å². The molecule has 1 rings (SSSR count). The minimum atomic E-state index is -4.13. The number of methoxy groups -OCH3 is 1. The van der Waals surface area contributed by atoms with Gasteiger partial charge in [-0.05, 0) is 79.9 Å². The second kappa shape index (κ2) is 12.5. The zero-order valence-corrected chi connectivity index (χ0v) is 23.5. The molecule has 0 heterocycles. The lowest BCUT2D eigenvalue weighted by atomic mass is 9.95. The van der Waals surface area contributed by atoms with Gasteiger partial charge < -0.3 is 14.8 Å². The van der Waals surface area contributed by atoms with E-state index in [1.807, 2.05) is 13.8 Å². The monoisotopic (exact) mass is 530 g/mol. The van der Waals surface area contributed by atoms with Gasteiger partial charge in [-0.2, -0.15) is 4.31 Å². The number of sulfonamides is 1. The van der Waals surface area contributed by atoms with Crippen LogP contribution in [0.25, 0.3) is 0 Å². The number of hydrogen-bond acceptors (Lipinski definition) is 8. The summed E-state index contributed by atoms with van der Waals surface area (Å²) in [4.78, 5) is 41.3. The third-order valence-corrected chi connectivity index (χ3v) is 7.30. The van der Waals surface area contributed by atoms with Crippen LogP contribution in [0, 0.1) is 4.91 Å². The number of carbonyl (C=O) groups excluding carboxylic acids is 2. The number of benzene rings is 1. The highest BCUT2D eigenvalue weighted by Gasteiger charge is 2.39. The number of carbonyl (C=O) groups is 2. The highest BCUT2D eigenvalue weighted by Crippen LogP contribution is 2.27. The number of alkyl carbamates (subject to hydrolysis) is 1. The number of nitrogens with one attached hydrogen (secondary N) is 1. The molecule has 1 atom stereocenters. The van der Waals surface area contributed by atoms with Gasteiger partial charge in [-0.25, -0.2) is 18.0 Å². The molecule has 204 valence electrons. The van der Waals surface area contributed by atoms with Gasteiger partial charge in [0.1, 0.15) is 11.6 Å². The van der Waals surface area contributed by atoms with Gasteiger partial charge in [-0.1, -0.05) is 0 Å². The maximum atomic E-state index is 13.5. The Kier molecular flexibility index (Phi) is 10.9. The third kappa shape index (κ3) is 9.05. The van der Waals surface area contributed by atoms with E-state index >= 15 is 0 Å². The first kappa shape index (κ1) is 31.3. The van der Waals surface area contributed by atoms with Gasteiger partial charge in [-0.15, -0.1) is 0 Å². The van der Waals surface area contributed by atoms with Crippen molar-refractivity contribution in [2.24, 2.45) is 0 Å². The first-order valence-electron chi connectivity index (χ1n) is 11.7. The summed E-state index contributed by atoms with van der Waals surface area (Å²) in [6.07, 6.45) is 0.479. The second-order valence-electron chi connectivity index (χ2n) is 10.3. The maximum Gasteiger partial charge on any atom is 0.408 e. The topological polar surface area (TPSA) is 131 Å². The molecular weight excluding hydrogens is 490 g/mol. The molecule has 0 fully saturated rings. The molecule has 1 amide bonds. The minimum Gasteiger partial charge on any atom is -0.468 e. The molecule has 0 aliphatic carbocycles. The molecule has 0 aromatic heterocycles. The molecule has 12 heteroatoms. The Morgan fingerprint density at radius 2 is 1.61 bits per heavy atom. The lowest BCUT2D eigenvalue weighted by Gasteiger charge is -2.33. The fraction of sp³-hybridized carbons (Fsp3) is 0.667. The molecule has 0 spiro atoms. The minimum absolute atomic E-state index is 0.0784. The van der Waals surface area contributed by atoms with Crippen LogP contribution in [-0.2, 0) is 29.1 Å². The summed E-state index contributed by atoms with van der Waals surface area (Å²) in [5.74, 6) is -0.688. The Bertz CT molecular complexity index is 1010. The summed E-state index contributed by atoms with van der Waals surface area (Å²) in [5.41, 5.74) is -1.18. The van der Waals surface area contributed by atoms with E-state index in [1.54, 1.807) is 34.6 Å². The number of rotatable bonds is 12. The first-order chi connectivity index (χ1) is 16.4. The summed E-state index contributed by atoms with van der Waals surface area (Å²) in [6, 6.07) is 3.55. The Balaban J connectivity index is 3.12. The number of ether oxygens (including phenoxy) is 2. The van der Waals surface area contributed by atoms with Crippen LogP contribution < -0.4 is 5.32 Å². The fourth-order valence-corrected chi connectivity index (χ4v) is 5.44. The van der Waals surface area contributed by atoms with Crippen LogP contribution in [0.2, 0.25) is 0 Å². The highest BCUT2D eigenvalue weighted by atomic mass is 32.2. The molecule has 0 saturated carbocycles. The van der Waals surface area contributed by atoms with Gasteiger partial charge in [0.25, 0.3) is 4.92 Å². The van der Waals surface area contributed by atoms with Crippen molar-refractivity contribution in [3.63, 3.8) is 0 Å². The summed E-state index contributed by atoms with van der Waals surface area (Å²) < 4.78 is 38.5. The van der Waals surface area contributed by atoms with Crippen LogP contribution in [0.3, 0.4) is 0 Å². The number of esters is 1. The Labute approximate surface area is 214 Å². The van der Waals surface area contributed by atoms with Gasteiger partial charge in [0, 0.05) is 23.7 Å². The normalized spacial score (nSPS) is 13.3. The molecule has 0 unspecified atom stereocenters. The van der Waals surface area contributed by atoms with Crippen molar-refractivity contribution in [3.8, 4) is 0 Å². The molecular formula is C24H40N3O8S+. The average molecular weight is 531 g/mol. The van der Waals surface area contributed by atoms with Crippen molar-refractivity contribution in [1.29, 1.82) is 0 Å². The maximum absolute atomic E-state index is 13.5. The van der Waals surface area contributed by atoms with Crippen LogP contribution in [0.4, 0.5) is 10.5 Å². The van der Waals surface area contributed by atoms with Crippen molar-refractivity contribution in [2.45, 2.75) is 95.8 Å². The zero-order valence-electron chi connectivity index (χ0n) is 22.7. The quantitative estimate of drug-likeness (QED) is 0.316. The van der Waals surface area contributed by atoms with Gasteiger partial charge >= 0.3 is 17.7 Å². The van der Waals surface area contributed by atoms with Crippen LogP contribution in [0.1, 0.15) is 67.7 Å². The zero-order chi connectivity index (χ0) is 27.9. The van der Waals surface area contributed by atoms with Crippen molar-refractivity contribution in [2.75, 3.05) is 14.2 Å². The lowest BCUT2D eigenvalue weighted by molar-refractivity contribution is -0.736. The van der Waals surface area contributed by atoms with Crippen molar-refractivity contribution >= 4 is 27.8 Å². The van der Waals surface area contributed by atoms with Crippen molar-refractivity contribution < 1.29 is 37.2 Å². The lowest BCUT2D eigenvalue weighted by Crippen LogP contribution is -2.49. The molecule has 0 aliphatic heterocycles. The standard InChI is InChI=1S/C24H39N3O8S/c1-17(2)26(36(31,32)19-14-12-18(13-15-19)27(30)34-9)20(21(28)33-8)11-10-16-24(6,7)25-22(29)35-23(3,4)5/h12-15,17,20H,10-11,16H2,1-9H3/p+1/t20-/m0/s1. The SMILES string of the molecule is COC(=O)[C@H](CCCC(C)(C)NC(=O)OC(C)(C)C)N(C(C)C)S(=O)(=O)c1ccc([N+](=O)OC)cc1. The van der Waals surface area contributed by atoms with E-state index in [0.717, 1.165) is 4.31 Å². The van der Waals surface area contributed by atoms with Crippen molar-refractivity contribution in [3.05, 3.63) is 29.2 Å². The van der Waals surface area contributed by atoms with E-state index in [9.17, 15) is 22.9 Å². The summed E-state index contributed by atoms with van der Waals surface area (Å²) in [5, 5.41) is 2.81. The Morgan fingerprint density at radius 3 is 2.06 bits per heavy atom. The van der Waals surface area contributed by atoms with E-state index in [0.29, 0.717) is 12.8 Å². The molecule has 0 radical (unpaired) electrons. The van der Waals surface area contributed by atoms with E-state index in [-0.39, 0.29) is 21.9 Å². The molecule has 0 bridgehead atoms. The number of amides is 1. The van der Waals surface area contributed by atoms with E-state index < -0.39 is 45.3 Å². The smallest absolute Gasteiger partial charge is 0.408 e. The van der Waals surface area contributed by atoms with E-state index in [4.69, 9.17) is 9.47 Å². The molecule has 1 N–H and O–H groups in total. The largest absolute Gasteiger partial charge is 0.468 e. The van der Waals surface area contributed by atoms with Crippen LogP contribution in [-0.4, -0.2) is 67.2 Å². The van der Waals surface area contributed by atoms with Crippen LogP contribution in [0.15, 0.2) is 29.2 Å². The molecule has 36 heavy (non-hydrogen) atoms. The Hall–Kier alpha value is -2.73. The van der Waals surface area contributed by atoms with Gasteiger partial charge in [0.15, 0.2) is 7.11 Å². The molecule has 1 aromatic carbocycles. The van der Waals surface area contributed by atoms with Gasteiger partial charge in [0.2, 0.25) is 10.0 Å². The Morgan fingerprint density at radius 1 is 1.06 bits per heavy atom. The first-order valence-corrected chi connectivity index (χ1v) is 13.1. The number of hydrogen-bond donors (Lipinski definition) is 1. The molecule has 0 aliphatic rings. The summed E-state index contributed by atoms with van der Waals surface area (Å²) in [7, 11) is -1.72. The highest BCUT2D eigenvalue weighted by molar-refractivity contribution is 7.89. The van der Waals surface area contributed by atoms with Gasteiger partial charge in [-0.3, -0.25) is 4.79 Å². The van der Waals surface area contributed by atoms with Crippen LogP contribution in [0.5, 0.6) is 0 Å². The molecule has 11 nitrogen and oxygen atoms in total. The molecule has 1 aromatic rings. The summed E-state index contributed by atoms with van der Waals surface area (Å²) >= 11 is 0. The van der Waals surface area contributed by atoms with Gasteiger partial charge in [0.05, 0.1) is 16.9 Å². The van der Waals surface area contributed by atoms with Crippen molar-refractivity contribution in [1.82, 2.24) is 9.62 Å². The second-order valence-corrected chi connectivity index (χ2v) is 12.1. The predicted octanol–water partition coefficient (Wildman–Crippen LogP) is 4.07. The summed E-state index contributed by atoms with van der Waals surface area (Å²) in [6.45, 7) is 12.3. The molecule has 0 saturated heterocycles. The average Bonchev–Trinajstić information content (AvgIpc) is 2.75. The third-order valence-electron chi connectivity index (χ3n) is 5.20. The fourth-order valence-electron chi connectivity index (χ4n) is 3.64. The predicted molar refractivity (Wildman–Crippen MR) is 134 cm³/mol. The van der Waals surface area contributed by atoms with E-state index in [2.05, 4.69) is 10.2 Å². The van der Waals surface area contributed by atoms with E-state index in [1.165, 1.54) is 38.5 Å². The number of nitrogens with zero attached hydrogens (tertiary/aromatic N) is 2.